The van der Waals surface area contributed by atoms with Gasteiger partial charge in [0.15, 0.2) is 0 Å². The Kier molecular flexibility index (Phi) is 9.12. The fourth-order valence-corrected chi connectivity index (χ4v) is 5.18. The Labute approximate surface area is 242 Å². The van der Waals surface area contributed by atoms with Crippen LogP contribution >= 0.6 is 0 Å². The molecule has 1 saturated heterocycles. The monoisotopic (exact) mass is 547 g/mol. The number of hydrogen-bond donors (Lipinski definition) is 1. The molecular weight excluding hydrogens is 510 g/mol. The van der Waals surface area contributed by atoms with E-state index in [0.29, 0.717) is 42.4 Å². The van der Waals surface area contributed by atoms with Crippen LogP contribution in [0.25, 0.3) is 0 Å². The molecule has 2 amide bonds. The van der Waals surface area contributed by atoms with Gasteiger partial charge in [-0.1, -0.05) is 86.6 Å². The summed E-state index contributed by atoms with van der Waals surface area (Å²) in [6, 6.07) is 35.5. The van der Waals surface area contributed by atoms with Gasteiger partial charge in [0.2, 0.25) is 0 Å². The van der Waals surface area contributed by atoms with Gasteiger partial charge in [0, 0.05) is 31.7 Å². The fraction of sp³-hybridized carbons (Fsp3) is 0.257. The normalized spacial score (nSPS) is 13.8. The zero-order chi connectivity index (χ0) is 28.6. The third kappa shape index (κ3) is 7.02. The van der Waals surface area contributed by atoms with Gasteiger partial charge in [-0.3, -0.25) is 14.5 Å². The first-order valence-corrected chi connectivity index (χ1v) is 14.3. The molecule has 0 saturated carbocycles. The number of hydrogen-bond acceptors (Lipinski definition) is 4. The molecule has 0 unspecified atom stereocenters. The van der Waals surface area contributed by atoms with Crippen molar-refractivity contribution < 1.29 is 14.3 Å². The van der Waals surface area contributed by atoms with Crippen LogP contribution in [0.2, 0.25) is 0 Å². The van der Waals surface area contributed by atoms with E-state index in [4.69, 9.17) is 4.74 Å². The number of nitrogens with zero attached hydrogens (tertiary/aromatic N) is 2. The van der Waals surface area contributed by atoms with E-state index in [2.05, 4.69) is 72.6 Å². The summed E-state index contributed by atoms with van der Waals surface area (Å²) in [5, 5.41) is 2.95. The molecule has 41 heavy (non-hydrogen) atoms. The van der Waals surface area contributed by atoms with Crippen molar-refractivity contribution in [3.63, 3.8) is 0 Å². The second kappa shape index (κ2) is 13.3. The van der Waals surface area contributed by atoms with Gasteiger partial charge in [0.1, 0.15) is 5.75 Å². The minimum Gasteiger partial charge on any atom is -0.493 e. The highest BCUT2D eigenvalue weighted by Crippen LogP contribution is 2.30. The lowest BCUT2D eigenvalue weighted by Gasteiger charge is -2.40. The minimum absolute atomic E-state index is 0.0750. The van der Waals surface area contributed by atoms with E-state index in [1.54, 1.807) is 36.4 Å². The van der Waals surface area contributed by atoms with Crippen LogP contribution in [-0.4, -0.2) is 54.4 Å². The highest BCUT2D eigenvalue weighted by Gasteiger charge is 2.29. The average Bonchev–Trinajstić information content (AvgIpc) is 3.02. The van der Waals surface area contributed by atoms with E-state index in [1.807, 2.05) is 29.2 Å². The molecule has 1 fully saturated rings. The first kappa shape index (κ1) is 28.1. The van der Waals surface area contributed by atoms with Crippen LogP contribution < -0.4 is 10.1 Å². The molecule has 0 spiro atoms. The molecule has 5 rings (SSSR count). The van der Waals surface area contributed by atoms with E-state index < -0.39 is 0 Å². The second-order valence-electron chi connectivity index (χ2n) is 10.8. The highest BCUT2D eigenvalue weighted by atomic mass is 16.5. The number of anilines is 1. The van der Waals surface area contributed by atoms with Crippen molar-refractivity contribution in [2.24, 2.45) is 5.92 Å². The van der Waals surface area contributed by atoms with E-state index in [-0.39, 0.29) is 17.9 Å². The SMILES string of the molecule is CC(C)COc1ccc(C(=O)Nc2ccccc2C(=O)N2CCN(C(c3ccccc3)c3ccccc3)CC2)cc1. The maximum Gasteiger partial charge on any atom is 0.256 e. The quantitative estimate of drug-likeness (QED) is 0.259. The number of benzene rings is 4. The Morgan fingerprint density at radius 3 is 1.88 bits per heavy atom. The Morgan fingerprint density at radius 1 is 0.732 bits per heavy atom. The van der Waals surface area contributed by atoms with E-state index in [1.165, 1.54) is 11.1 Å². The molecule has 0 aliphatic carbocycles. The van der Waals surface area contributed by atoms with Crippen molar-refractivity contribution >= 4 is 17.5 Å². The van der Waals surface area contributed by atoms with Gasteiger partial charge in [-0.05, 0) is 53.4 Å². The van der Waals surface area contributed by atoms with Crippen LogP contribution in [0.4, 0.5) is 5.69 Å². The number of piperazine rings is 1. The number of amides is 2. The molecule has 6 nitrogen and oxygen atoms in total. The van der Waals surface area contributed by atoms with Crippen LogP contribution in [0.5, 0.6) is 5.75 Å². The van der Waals surface area contributed by atoms with E-state index >= 15 is 0 Å². The highest BCUT2D eigenvalue weighted by molar-refractivity contribution is 6.09. The molecule has 1 N–H and O–H groups in total. The Balaban J connectivity index is 1.25. The van der Waals surface area contributed by atoms with Gasteiger partial charge in [-0.2, -0.15) is 0 Å². The smallest absolute Gasteiger partial charge is 0.256 e. The minimum atomic E-state index is -0.265. The number of nitrogens with one attached hydrogen (secondary N) is 1. The molecule has 0 atom stereocenters. The van der Waals surface area contributed by atoms with Gasteiger partial charge in [0.05, 0.1) is 23.9 Å². The van der Waals surface area contributed by atoms with Crippen molar-refractivity contribution in [3.8, 4) is 5.75 Å². The lowest BCUT2D eigenvalue weighted by atomic mass is 9.96. The van der Waals surface area contributed by atoms with Crippen LogP contribution in [0.3, 0.4) is 0 Å². The molecule has 1 aliphatic heterocycles. The predicted molar refractivity (Wildman–Crippen MR) is 163 cm³/mol. The molecular formula is C35H37N3O3. The summed E-state index contributed by atoms with van der Waals surface area (Å²) in [5.74, 6) is 0.809. The van der Waals surface area contributed by atoms with E-state index in [0.717, 1.165) is 18.8 Å². The lowest BCUT2D eigenvalue weighted by Crippen LogP contribution is -2.50. The number of rotatable bonds is 9. The summed E-state index contributed by atoms with van der Waals surface area (Å²) in [6.07, 6.45) is 0. The van der Waals surface area contributed by atoms with Gasteiger partial charge in [-0.25, -0.2) is 0 Å². The van der Waals surface area contributed by atoms with Crippen LogP contribution in [0, 0.1) is 5.92 Å². The molecule has 210 valence electrons. The number of para-hydroxylation sites is 1. The zero-order valence-electron chi connectivity index (χ0n) is 23.7. The van der Waals surface area contributed by atoms with Gasteiger partial charge < -0.3 is 15.0 Å². The molecule has 0 aromatic heterocycles. The molecule has 0 bridgehead atoms. The zero-order valence-corrected chi connectivity index (χ0v) is 23.7. The molecule has 6 heteroatoms. The van der Waals surface area contributed by atoms with Crippen molar-refractivity contribution in [3.05, 3.63) is 131 Å². The van der Waals surface area contributed by atoms with Crippen LogP contribution in [-0.2, 0) is 0 Å². The Morgan fingerprint density at radius 2 is 1.29 bits per heavy atom. The summed E-state index contributed by atoms with van der Waals surface area (Å²) in [5.41, 5.74) is 3.99. The average molecular weight is 548 g/mol. The largest absolute Gasteiger partial charge is 0.493 e. The third-order valence-electron chi connectivity index (χ3n) is 7.30. The number of ether oxygens (including phenoxy) is 1. The van der Waals surface area contributed by atoms with Gasteiger partial charge >= 0.3 is 0 Å². The standard InChI is InChI=1S/C35H37N3O3/c1-26(2)25-41-30-19-17-29(18-20-30)34(39)36-32-16-10-9-15-31(32)35(40)38-23-21-37(22-24-38)33(27-11-5-3-6-12-27)28-13-7-4-8-14-28/h3-20,26,33H,21-25H2,1-2H3,(H,36,39). The summed E-state index contributed by atoms with van der Waals surface area (Å²) in [6.45, 7) is 7.51. The summed E-state index contributed by atoms with van der Waals surface area (Å²) in [4.78, 5) is 31.0. The summed E-state index contributed by atoms with van der Waals surface area (Å²) < 4.78 is 5.73. The Bertz CT molecular complexity index is 1390. The van der Waals surface area contributed by atoms with Crippen molar-refractivity contribution in [1.82, 2.24) is 9.80 Å². The van der Waals surface area contributed by atoms with Crippen LogP contribution in [0.1, 0.15) is 51.7 Å². The molecule has 0 radical (unpaired) electrons. The maximum absolute atomic E-state index is 13.7. The number of carbonyl (C=O) groups is 2. The van der Waals surface area contributed by atoms with Crippen molar-refractivity contribution in [2.75, 3.05) is 38.1 Å². The van der Waals surface area contributed by atoms with Crippen molar-refractivity contribution in [1.29, 1.82) is 0 Å². The first-order valence-electron chi connectivity index (χ1n) is 14.3. The number of carbonyl (C=O) groups excluding carboxylic acids is 2. The Hall–Kier alpha value is -4.42. The summed E-state index contributed by atoms with van der Waals surface area (Å²) >= 11 is 0. The lowest BCUT2D eigenvalue weighted by molar-refractivity contribution is 0.0598. The molecule has 4 aromatic rings. The maximum atomic E-state index is 13.7. The van der Waals surface area contributed by atoms with Crippen LogP contribution in [0.15, 0.2) is 109 Å². The predicted octanol–water partition coefficient (Wildman–Crippen LogP) is 6.52. The fourth-order valence-electron chi connectivity index (χ4n) is 5.18. The first-order chi connectivity index (χ1) is 20.0. The van der Waals surface area contributed by atoms with Gasteiger partial charge in [-0.15, -0.1) is 0 Å². The molecule has 1 heterocycles. The molecule has 4 aromatic carbocycles. The van der Waals surface area contributed by atoms with Gasteiger partial charge in [0.25, 0.3) is 11.8 Å². The third-order valence-corrected chi connectivity index (χ3v) is 7.30. The second-order valence-corrected chi connectivity index (χ2v) is 10.8. The van der Waals surface area contributed by atoms with Crippen molar-refractivity contribution in [2.45, 2.75) is 19.9 Å². The van der Waals surface area contributed by atoms with E-state index in [9.17, 15) is 9.59 Å². The topological polar surface area (TPSA) is 61.9 Å². The molecule has 1 aliphatic rings. The summed E-state index contributed by atoms with van der Waals surface area (Å²) in [7, 11) is 0.